The van der Waals surface area contributed by atoms with E-state index < -0.39 is 24.2 Å². The minimum Gasteiger partial charge on any atom is -0.462 e. The van der Waals surface area contributed by atoms with E-state index in [9.17, 15) is 19.5 Å². The first-order valence-electron chi connectivity index (χ1n) is 19.0. The van der Waals surface area contributed by atoms with Crippen LogP contribution < -0.4 is 5.32 Å². The number of carbonyl (C=O) groups excluding carboxylic acids is 3. The Labute approximate surface area is 272 Å². The fourth-order valence-corrected chi connectivity index (χ4v) is 5.81. The van der Waals surface area contributed by atoms with Crippen LogP contribution in [0.15, 0.2) is 0 Å². The van der Waals surface area contributed by atoms with E-state index in [4.69, 9.17) is 4.74 Å². The molecule has 0 aliphatic carbocycles. The van der Waals surface area contributed by atoms with Crippen LogP contribution in [0.4, 0.5) is 0 Å². The SMILES string of the molecule is CCCCCCCCCCCCCCCC(=O)OC(CCCCCCCCCCCCCCC)CC(=O)N[C@H]([C]=O)[C@@H](C)O. The quantitative estimate of drug-likeness (QED) is 0.0550. The minimum absolute atomic E-state index is 0.00744. The van der Waals surface area contributed by atoms with Crippen molar-refractivity contribution in [2.45, 2.75) is 225 Å². The first kappa shape index (κ1) is 42.6. The first-order valence-corrected chi connectivity index (χ1v) is 19.0. The van der Waals surface area contributed by atoms with Crippen LogP contribution in [0.5, 0.6) is 0 Å². The zero-order chi connectivity index (χ0) is 32.5. The molecule has 0 saturated carbocycles. The van der Waals surface area contributed by atoms with Gasteiger partial charge in [0, 0.05) is 6.42 Å². The van der Waals surface area contributed by atoms with Gasteiger partial charge in [0.05, 0.1) is 12.5 Å². The Morgan fingerprint density at radius 1 is 0.614 bits per heavy atom. The van der Waals surface area contributed by atoms with Crippen LogP contribution >= 0.6 is 0 Å². The highest BCUT2D eigenvalue weighted by atomic mass is 16.5. The summed E-state index contributed by atoms with van der Waals surface area (Å²) in [4.78, 5) is 36.2. The average molecular weight is 623 g/mol. The predicted octanol–water partition coefficient (Wildman–Crippen LogP) is 10.2. The van der Waals surface area contributed by atoms with Crippen LogP contribution in [0.2, 0.25) is 0 Å². The molecule has 0 bridgehead atoms. The predicted molar refractivity (Wildman–Crippen MR) is 184 cm³/mol. The van der Waals surface area contributed by atoms with Gasteiger partial charge in [-0.05, 0) is 26.2 Å². The van der Waals surface area contributed by atoms with Crippen molar-refractivity contribution < 1.29 is 24.2 Å². The maximum absolute atomic E-state index is 12.6. The van der Waals surface area contributed by atoms with Gasteiger partial charge in [-0.2, -0.15) is 0 Å². The van der Waals surface area contributed by atoms with Gasteiger partial charge in [0.2, 0.25) is 12.2 Å². The molecular weight excluding hydrogens is 550 g/mol. The van der Waals surface area contributed by atoms with Crippen molar-refractivity contribution in [2.24, 2.45) is 0 Å². The highest BCUT2D eigenvalue weighted by Gasteiger charge is 2.22. The van der Waals surface area contributed by atoms with E-state index in [2.05, 4.69) is 19.2 Å². The summed E-state index contributed by atoms with van der Waals surface area (Å²) in [5.74, 6) is -0.637. The van der Waals surface area contributed by atoms with Crippen molar-refractivity contribution in [1.82, 2.24) is 5.32 Å². The van der Waals surface area contributed by atoms with Gasteiger partial charge in [-0.25, -0.2) is 0 Å². The zero-order valence-corrected chi connectivity index (χ0v) is 29.3. The minimum atomic E-state index is -1.07. The number of hydrogen-bond donors (Lipinski definition) is 2. The van der Waals surface area contributed by atoms with Crippen LogP contribution in [-0.2, 0) is 19.1 Å². The molecule has 0 aliphatic rings. The Bertz CT molecular complexity index is 653. The van der Waals surface area contributed by atoms with Crippen LogP contribution in [0, 0.1) is 0 Å². The molecule has 0 aliphatic heterocycles. The number of aliphatic hydroxyl groups is 1. The topological polar surface area (TPSA) is 92.7 Å². The van der Waals surface area contributed by atoms with Gasteiger partial charge in [0.15, 0.2) is 0 Å². The van der Waals surface area contributed by atoms with Crippen molar-refractivity contribution in [1.29, 1.82) is 0 Å². The fraction of sp³-hybridized carbons (Fsp3) is 0.921. The third-order valence-corrected chi connectivity index (χ3v) is 8.75. The van der Waals surface area contributed by atoms with Gasteiger partial charge in [-0.15, -0.1) is 0 Å². The monoisotopic (exact) mass is 623 g/mol. The van der Waals surface area contributed by atoms with E-state index >= 15 is 0 Å². The molecule has 0 rings (SSSR count). The van der Waals surface area contributed by atoms with Crippen molar-refractivity contribution in [2.75, 3.05) is 0 Å². The Morgan fingerprint density at radius 2 is 0.977 bits per heavy atom. The number of ether oxygens (including phenoxy) is 1. The Kier molecular flexibility index (Phi) is 31.9. The second kappa shape index (κ2) is 32.9. The van der Waals surface area contributed by atoms with Gasteiger partial charge in [-0.1, -0.05) is 168 Å². The van der Waals surface area contributed by atoms with E-state index in [1.807, 2.05) is 0 Å². The summed E-state index contributed by atoms with van der Waals surface area (Å²) in [7, 11) is 0. The number of hydrogen-bond acceptors (Lipinski definition) is 5. The lowest BCUT2D eigenvalue weighted by Gasteiger charge is -2.20. The Morgan fingerprint density at radius 3 is 1.34 bits per heavy atom. The maximum atomic E-state index is 12.6. The summed E-state index contributed by atoms with van der Waals surface area (Å²) in [5.41, 5.74) is 0. The molecule has 0 spiro atoms. The molecule has 0 aromatic heterocycles. The van der Waals surface area contributed by atoms with Crippen LogP contribution in [0.3, 0.4) is 0 Å². The normalized spacial score (nSPS) is 13.4. The molecule has 0 aromatic carbocycles. The van der Waals surface area contributed by atoms with Crippen molar-refractivity contribution in [3.8, 4) is 0 Å². The summed E-state index contributed by atoms with van der Waals surface area (Å²) < 4.78 is 5.75. The van der Waals surface area contributed by atoms with E-state index in [1.54, 1.807) is 6.29 Å². The smallest absolute Gasteiger partial charge is 0.306 e. The molecular formula is C38H72NO5. The third kappa shape index (κ3) is 29.3. The Hall–Kier alpha value is -1.43. The van der Waals surface area contributed by atoms with Crippen LogP contribution in [0.1, 0.15) is 207 Å². The molecule has 1 amide bonds. The fourth-order valence-electron chi connectivity index (χ4n) is 5.81. The van der Waals surface area contributed by atoms with E-state index in [0.717, 1.165) is 38.5 Å². The summed E-state index contributed by atoms with van der Waals surface area (Å²) in [6.07, 6.45) is 33.9. The van der Waals surface area contributed by atoms with E-state index in [-0.39, 0.29) is 12.4 Å². The molecule has 3 atom stereocenters. The summed E-state index contributed by atoms with van der Waals surface area (Å²) >= 11 is 0. The second-order valence-electron chi connectivity index (χ2n) is 13.2. The molecule has 44 heavy (non-hydrogen) atoms. The molecule has 1 radical (unpaired) electrons. The van der Waals surface area contributed by atoms with Crippen LogP contribution in [0.25, 0.3) is 0 Å². The van der Waals surface area contributed by atoms with Gasteiger partial charge >= 0.3 is 5.97 Å². The van der Waals surface area contributed by atoms with Crippen molar-refractivity contribution in [3.05, 3.63) is 0 Å². The molecule has 0 saturated heterocycles. The summed E-state index contributed by atoms with van der Waals surface area (Å²) in [6, 6.07) is -1.07. The molecule has 1 unspecified atom stereocenters. The highest BCUT2D eigenvalue weighted by Crippen LogP contribution is 2.17. The largest absolute Gasteiger partial charge is 0.462 e. The molecule has 0 heterocycles. The highest BCUT2D eigenvalue weighted by molar-refractivity contribution is 5.80. The van der Waals surface area contributed by atoms with Crippen LogP contribution in [-0.4, -0.2) is 41.5 Å². The standard InChI is InChI=1S/C38H72NO5/c1-4-6-8-10-12-14-16-18-20-22-24-26-28-30-35(32-37(42)39-36(33-40)34(3)41)44-38(43)31-29-27-25-23-21-19-17-15-13-11-9-7-5-2/h34-36,41H,4-32H2,1-3H3,(H,39,42)/t34-,35?,36-/m1/s1. The Balaban J connectivity index is 4.19. The van der Waals surface area contributed by atoms with Gasteiger partial charge < -0.3 is 15.2 Å². The number of unbranched alkanes of at least 4 members (excludes halogenated alkanes) is 24. The zero-order valence-electron chi connectivity index (χ0n) is 29.3. The number of rotatable bonds is 34. The summed E-state index contributed by atoms with van der Waals surface area (Å²) in [5, 5.41) is 12.2. The van der Waals surface area contributed by atoms with Gasteiger partial charge in [-0.3, -0.25) is 14.4 Å². The maximum Gasteiger partial charge on any atom is 0.306 e. The van der Waals surface area contributed by atoms with Gasteiger partial charge in [0.1, 0.15) is 12.1 Å². The summed E-state index contributed by atoms with van der Waals surface area (Å²) in [6.45, 7) is 5.96. The number of esters is 1. The molecule has 2 N–H and O–H groups in total. The van der Waals surface area contributed by atoms with Crippen molar-refractivity contribution in [3.63, 3.8) is 0 Å². The molecule has 259 valence electrons. The number of carbonyl (C=O) groups is 2. The molecule has 6 nitrogen and oxygen atoms in total. The molecule has 0 fully saturated rings. The van der Waals surface area contributed by atoms with E-state index in [1.165, 1.54) is 135 Å². The van der Waals surface area contributed by atoms with Gasteiger partial charge in [0.25, 0.3) is 0 Å². The van der Waals surface area contributed by atoms with Crippen molar-refractivity contribution >= 4 is 18.2 Å². The lowest BCUT2D eigenvalue weighted by atomic mass is 10.0. The third-order valence-electron chi connectivity index (χ3n) is 8.75. The number of nitrogens with one attached hydrogen (secondary N) is 1. The number of aliphatic hydroxyl groups excluding tert-OH is 1. The number of amides is 1. The van der Waals surface area contributed by atoms with E-state index in [0.29, 0.717) is 12.8 Å². The lowest BCUT2D eigenvalue weighted by molar-refractivity contribution is -0.151. The molecule has 0 aromatic rings. The lowest BCUT2D eigenvalue weighted by Crippen LogP contribution is -2.44. The second-order valence-corrected chi connectivity index (χ2v) is 13.2. The first-order chi connectivity index (χ1) is 21.4. The molecule has 6 heteroatoms. The average Bonchev–Trinajstić information content (AvgIpc) is 3.00.